The normalized spacial score (nSPS) is 15.5. The minimum absolute atomic E-state index is 0.00245. The van der Waals surface area contributed by atoms with Gasteiger partial charge >= 0.3 is 0 Å². The van der Waals surface area contributed by atoms with Crippen molar-refractivity contribution >= 4 is 23.0 Å². The number of hydrogen-bond acceptors (Lipinski definition) is 3. The summed E-state index contributed by atoms with van der Waals surface area (Å²) >= 11 is 5.75. The van der Waals surface area contributed by atoms with Gasteiger partial charge in [0, 0.05) is 16.7 Å². The average molecular weight is 336 g/mol. The summed E-state index contributed by atoms with van der Waals surface area (Å²) in [5, 5.41) is -0.0769. The Morgan fingerprint density at radius 3 is 2.48 bits per heavy atom. The van der Waals surface area contributed by atoms with E-state index >= 15 is 0 Å². The SMILES string of the molecule is CCC1(CC)C(C)=Nc2c(F)cc(-c3nc(Cl)ncc3F)cc21. The molecule has 0 amide bonds. The first-order chi connectivity index (χ1) is 10.9. The zero-order valence-corrected chi connectivity index (χ0v) is 13.9. The van der Waals surface area contributed by atoms with Gasteiger partial charge in [0.05, 0.1) is 6.20 Å². The number of nitrogens with zero attached hydrogens (tertiary/aromatic N) is 3. The number of rotatable bonds is 3. The molecule has 0 aliphatic carbocycles. The average Bonchev–Trinajstić information content (AvgIpc) is 2.82. The second-order valence-electron chi connectivity index (χ2n) is 5.68. The Balaban J connectivity index is 2.25. The van der Waals surface area contributed by atoms with Crippen LogP contribution in [0.15, 0.2) is 23.3 Å². The number of aromatic nitrogens is 2. The number of halogens is 3. The molecule has 6 heteroatoms. The molecule has 1 aliphatic rings. The molecule has 2 heterocycles. The van der Waals surface area contributed by atoms with Gasteiger partial charge in [-0.1, -0.05) is 13.8 Å². The van der Waals surface area contributed by atoms with Crippen molar-refractivity contribution < 1.29 is 8.78 Å². The lowest BCUT2D eigenvalue weighted by molar-refractivity contribution is 0.539. The van der Waals surface area contributed by atoms with E-state index in [1.807, 2.05) is 20.8 Å². The van der Waals surface area contributed by atoms with Crippen molar-refractivity contribution in [3.8, 4) is 11.3 Å². The first-order valence-corrected chi connectivity index (χ1v) is 7.89. The van der Waals surface area contributed by atoms with Gasteiger partial charge < -0.3 is 0 Å². The highest BCUT2D eigenvalue weighted by molar-refractivity contribution is 6.28. The van der Waals surface area contributed by atoms with Gasteiger partial charge in [-0.3, -0.25) is 4.99 Å². The van der Waals surface area contributed by atoms with E-state index in [0.29, 0.717) is 11.3 Å². The maximum atomic E-state index is 14.6. The van der Waals surface area contributed by atoms with E-state index in [1.54, 1.807) is 6.07 Å². The van der Waals surface area contributed by atoms with Gasteiger partial charge in [-0.25, -0.2) is 18.7 Å². The molecule has 23 heavy (non-hydrogen) atoms. The summed E-state index contributed by atoms with van der Waals surface area (Å²) in [4.78, 5) is 11.9. The van der Waals surface area contributed by atoms with Crippen molar-refractivity contribution in [2.45, 2.75) is 39.0 Å². The van der Waals surface area contributed by atoms with E-state index in [1.165, 1.54) is 6.07 Å². The Labute approximate surface area is 138 Å². The van der Waals surface area contributed by atoms with Crippen molar-refractivity contribution in [1.29, 1.82) is 0 Å². The maximum absolute atomic E-state index is 14.6. The molecule has 1 aromatic carbocycles. The van der Waals surface area contributed by atoms with Crippen LogP contribution < -0.4 is 0 Å². The molecule has 0 spiro atoms. The first kappa shape index (κ1) is 16.0. The third-order valence-corrected chi connectivity index (χ3v) is 4.93. The van der Waals surface area contributed by atoms with Crippen LogP contribution in [-0.2, 0) is 5.41 Å². The molecule has 1 aliphatic heterocycles. The van der Waals surface area contributed by atoms with Gasteiger partial charge in [0.15, 0.2) is 5.82 Å². The molecule has 0 bridgehead atoms. The molecular weight excluding hydrogens is 320 g/mol. The molecule has 3 rings (SSSR count). The predicted octanol–water partition coefficient (Wildman–Crippen LogP) is 5.24. The van der Waals surface area contributed by atoms with Crippen molar-refractivity contribution in [2.75, 3.05) is 0 Å². The highest BCUT2D eigenvalue weighted by Crippen LogP contribution is 2.47. The fourth-order valence-electron chi connectivity index (χ4n) is 3.37. The molecule has 3 nitrogen and oxygen atoms in total. The Kier molecular flexibility index (Phi) is 3.92. The predicted molar refractivity (Wildman–Crippen MR) is 87.4 cm³/mol. The van der Waals surface area contributed by atoms with E-state index in [0.717, 1.165) is 30.3 Å². The lowest BCUT2D eigenvalue weighted by atomic mass is 9.73. The summed E-state index contributed by atoms with van der Waals surface area (Å²) in [6.45, 7) is 6.00. The summed E-state index contributed by atoms with van der Waals surface area (Å²) in [6.07, 6.45) is 2.58. The Hall–Kier alpha value is -1.88. The second kappa shape index (κ2) is 5.64. The van der Waals surface area contributed by atoms with E-state index in [-0.39, 0.29) is 16.4 Å². The molecule has 0 saturated heterocycles. The van der Waals surface area contributed by atoms with Crippen LogP contribution in [0.5, 0.6) is 0 Å². The summed E-state index contributed by atoms with van der Waals surface area (Å²) in [5.74, 6) is -1.11. The lowest BCUT2D eigenvalue weighted by Gasteiger charge is -2.28. The van der Waals surface area contributed by atoms with Gasteiger partial charge in [0.1, 0.15) is 17.2 Å². The molecule has 0 saturated carbocycles. The highest BCUT2D eigenvalue weighted by atomic mass is 35.5. The summed E-state index contributed by atoms with van der Waals surface area (Å²) < 4.78 is 28.6. The fourth-order valence-corrected chi connectivity index (χ4v) is 3.51. The molecule has 0 unspecified atom stereocenters. The molecule has 0 atom stereocenters. The van der Waals surface area contributed by atoms with Gasteiger partial charge in [-0.2, -0.15) is 0 Å². The van der Waals surface area contributed by atoms with Crippen LogP contribution in [0.1, 0.15) is 39.2 Å². The van der Waals surface area contributed by atoms with Crippen LogP contribution in [0.4, 0.5) is 14.5 Å². The number of benzene rings is 1. The minimum atomic E-state index is -0.636. The van der Waals surface area contributed by atoms with Crippen LogP contribution in [0.2, 0.25) is 5.28 Å². The molecule has 0 fully saturated rings. The summed E-state index contributed by atoms with van der Waals surface area (Å²) in [5.41, 5.74) is 2.03. The van der Waals surface area contributed by atoms with Gasteiger partial charge in [-0.15, -0.1) is 0 Å². The van der Waals surface area contributed by atoms with Crippen LogP contribution in [0, 0.1) is 11.6 Å². The third kappa shape index (κ3) is 2.34. The topological polar surface area (TPSA) is 38.1 Å². The van der Waals surface area contributed by atoms with Crippen molar-refractivity contribution in [1.82, 2.24) is 9.97 Å². The Morgan fingerprint density at radius 2 is 1.83 bits per heavy atom. The van der Waals surface area contributed by atoms with E-state index in [9.17, 15) is 8.78 Å². The zero-order chi connectivity index (χ0) is 16.8. The smallest absolute Gasteiger partial charge is 0.223 e. The number of aliphatic imine (C=N–C) groups is 1. The summed E-state index contributed by atoms with van der Waals surface area (Å²) in [7, 11) is 0. The third-order valence-electron chi connectivity index (χ3n) is 4.75. The van der Waals surface area contributed by atoms with Crippen LogP contribution in [0.25, 0.3) is 11.3 Å². The van der Waals surface area contributed by atoms with Crippen molar-refractivity contribution in [2.24, 2.45) is 4.99 Å². The molecule has 0 N–H and O–H groups in total. The standard InChI is InChI=1S/C17H16ClF2N3/c1-4-17(5-2)9(3)22-15-11(17)6-10(7-12(15)19)14-13(20)8-21-16(18)23-14/h6-8H,4-5H2,1-3H3. The zero-order valence-electron chi connectivity index (χ0n) is 13.1. The largest absolute Gasteiger partial charge is 0.254 e. The van der Waals surface area contributed by atoms with Gasteiger partial charge in [-0.05, 0) is 49.1 Å². The van der Waals surface area contributed by atoms with E-state index in [4.69, 9.17) is 11.6 Å². The molecule has 2 aromatic rings. The highest BCUT2D eigenvalue weighted by Gasteiger charge is 2.40. The maximum Gasteiger partial charge on any atom is 0.223 e. The van der Waals surface area contributed by atoms with Gasteiger partial charge in [0.25, 0.3) is 0 Å². The van der Waals surface area contributed by atoms with E-state index in [2.05, 4.69) is 15.0 Å². The Bertz CT molecular complexity index is 814. The van der Waals surface area contributed by atoms with Crippen molar-refractivity contribution in [3.05, 3.63) is 40.8 Å². The minimum Gasteiger partial charge on any atom is -0.254 e. The van der Waals surface area contributed by atoms with Gasteiger partial charge in [0.2, 0.25) is 5.28 Å². The molecule has 0 radical (unpaired) electrons. The van der Waals surface area contributed by atoms with Crippen LogP contribution >= 0.6 is 11.6 Å². The number of hydrogen-bond donors (Lipinski definition) is 0. The lowest BCUT2D eigenvalue weighted by Crippen LogP contribution is -2.29. The quantitative estimate of drug-likeness (QED) is 0.719. The molecular formula is C17H16ClF2N3. The van der Waals surface area contributed by atoms with Crippen LogP contribution in [0.3, 0.4) is 0 Å². The van der Waals surface area contributed by atoms with Crippen molar-refractivity contribution in [3.63, 3.8) is 0 Å². The summed E-state index contributed by atoms with van der Waals surface area (Å²) in [6, 6.07) is 3.02. The Morgan fingerprint density at radius 1 is 1.13 bits per heavy atom. The van der Waals surface area contributed by atoms with Crippen LogP contribution in [-0.4, -0.2) is 15.7 Å². The fraction of sp³-hybridized carbons (Fsp3) is 0.353. The molecule has 1 aromatic heterocycles. The number of fused-ring (bicyclic) bond motifs is 1. The monoisotopic (exact) mass is 335 g/mol. The van der Waals surface area contributed by atoms with E-state index < -0.39 is 11.6 Å². The molecule has 120 valence electrons. The second-order valence-corrected chi connectivity index (χ2v) is 6.01. The first-order valence-electron chi connectivity index (χ1n) is 7.51.